The summed E-state index contributed by atoms with van der Waals surface area (Å²) in [5, 5.41) is 8.52. The minimum atomic E-state index is -0.784. The monoisotopic (exact) mass is 209 g/mol. The van der Waals surface area contributed by atoms with Crippen molar-refractivity contribution in [2.24, 2.45) is 0 Å². The summed E-state index contributed by atoms with van der Waals surface area (Å²) >= 11 is 0. The maximum Gasteiger partial charge on any atom is 0.304 e. The Balaban J connectivity index is 0.000000583. The fourth-order valence-electron chi connectivity index (χ4n) is 1.03. The first kappa shape index (κ1) is 13.6. The number of nitrogens with zero attached hydrogens (tertiary/aromatic N) is 1. The predicted molar refractivity (Wildman–Crippen MR) is 60.9 cm³/mol. The van der Waals surface area contributed by atoms with Crippen LogP contribution < -0.4 is 0 Å². The molecular formula is C12H19NO2. The molecule has 1 aromatic rings. The molecule has 0 aliphatic carbocycles. The summed E-state index contributed by atoms with van der Waals surface area (Å²) in [5.74, 6) is -0.795. The summed E-state index contributed by atoms with van der Waals surface area (Å²) < 4.78 is 0. The van der Waals surface area contributed by atoms with Crippen molar-refractivity contribution in [3.8, 4) is 0 Å². The zero-order valence-corrected chi connectivity index (χ0v) is 9.60. The molecule has 15 heavy (non-hydrogen) atoms. The Labute approximate surface area is 91.2 Å². The number of hydrogen-bond donors (Lipinski definition) is 1. The summed E-state index contributed by atoms with van der Waals surface area (Å²) in [4.78, 5) is 14.4. The second-order valence-electron chi connectivity index (χ2n) is 3.46. The zero-order chi connectivity index (χ0) is 11.7. The topological polar surface area (TPSA) is 50.2 Å². The first-order valence-corrected chi connectivity index (χ1v) is 5.24. The lowest BCUT2D eigenvalue weighted by molar-refractivity contribution is -0.137. The number of carboxylic acid groups (broad SMARTS) is 1. The normalized spacial score (nSPS) is 11.1. The molecule has 0 aliphatic rings. The average molecular weight is 209 g/mol. The predicted octanol–water partition coefficient (Wildman–Crippen LogP) is 3.08. The van der Waals surface area contributed by atoms with Crippen molar-refractivity contribution in [3.63, 3.8) is 0 Å². The summed E-state index contributed by atoms with van der Waals surface area (Å²) in [7, 11) is 0. The highest BCUT2D eigenvalue weighted by atomic mass is 16.4. The van der Waals surface area contributed by atoms with E-state index in [-0.39, 0.29) is 12.3 Å². The smallest absolute Gasteiger partial charge is 0.304 e. The summed E-state index contributed by atoms with van der Waals surface area (Å²) in [6.07, 6.45) is 3.06. The molecule has 3 heteroatoms. The molecule has 1 unspecified atom stereocenters. The van der Waals surface area contributed by atoms with Crippen molar-refractivity contribution in [2.45, 2.75) is 39.5 Å². The van der Waals surface area contributed by atoms with Crippen LogP contribution in [0.5, 0.6) is 0 Å². The van der Waals surface area contributed by atoms with Gasteiger partial charge in [-0.2, -0.15) is 0 Å². The molecule has 3 nitrogen and oxygen atoms in total. The minimum Gasteiger partial charge on any atom is -0.481 e. The Morgan fingerprint density at radius 2 is 2.07 bits per heavy atom. The minimum absolute atomic E-state index is 0.0105. The standard InChI is InChI=1S/C9H11NO2.C3H8/c1-7(6-9(11)12)8-4-2-3-5-10-8;1-3-2/h2-5,7H,6H2,1H3,(H,11,12);3H2,1-2H3. The van der Waals surface area contributed by atoms with E-state index in [1.54, 1.807) is 6.20 Å². The fraction of sp³-hybridized carbons (Fsp3) is 0.500. The second kappa shape index (κ2) is 7.97. The van der Waals surface area contributed by atoms with Crippen molar-refractivity contribution in [1.82, 2.24) is 4.98 Å². The zero-order valence-electron chi connectivity index (χ0n) is 9.60. The van der Waals surface area contributed by atoms with Gasteiger partial charge < -0.3 is 5.11 Å². The Morgan fingerprint density at radius 1 is 1.47 bits per heavy atom. The number of carboxylic acids is 1. The van der Waals surface area contributed by atoms with Gasteiger partial charge in [0.25, 0.3) is 0 Å². The van der Waals surface area contributed by atoms with Crippen LogP contribution in [0.15, 0.2) is 24.4 Å². The van der Waals surface area contributed by atoms with E-state index in [0.29, 0.717) is 0 Å². The molecule has 1 aromatic heterocycles. The highest BCUT2D eigenvalue weighted by Crippen LogP contribution is 2.15. The third kappa shape index (κ3) is 6.66. The van der Waals surface area contributed by atoms with E-state index >= 15 is 0 Å². The van der Waals surface area contributed by atoms with Crippen LogP contribution in [0.3, 0.4) is 0 Å². The number of aromatic nitrogens is 1. The molecule has 0 amide bonds. The van der Waals surface area contributed by atoms with Gasteiger partial charge in [-0.1, -0.05) is 33.3 Å². The van der Waals surface area contributed by atoms with Crippen LogP contribution in [-0.2, 0) is 4.79 Å². The van der Waals surface area contributed by atoms with Gasteiger partial charge in [0.2, 0.25) is 0 Å². The fourth-order valence-corrected chi connectivity index (χ4v) is 1.03. The summed E-state index contributed by atoms with van der Waals surface area (Å²) in [6, 6.07) is 5.52. The first-order valence-electron chi connectivity index (χ1n) is 5.24. The van der Waals surface area contributed by atoms with Crippen molar-refractivity contribution < 1.29 is 9.90 Å². The quantitative estimate of drug-likeness (QED) is 0.832. The molecule has 0 aromatic carbocycles. The highest BCUT2D eigenvalue weighted by Gasteiger charge is 2.09. The van der Waals surface area contributed by atoms with Crippen LogP contribution in [0.1, 0.15) is 45.2 Å². The summed E-state index contributed by atoms with van der Waals surface area (Å²) in [6.45, 7) is 6.11. The summed E-state index contributed by atoms with van der Waals surface area (Å²) in [5.41, 5.74) is 0.833. The van der Waals surface area contributed by atoms with Gasteiger partial charge in [-0.3, -0.25) is 9.78 Å². The van der Waals surface area contributed by atoms with Crippen LogP contribution in [0.4, 0.5) is 0 Å². The highest BCUT2D eigenvalue weighted by molar-refractivity contribution is 5.67. The van der Waals surface area contributed by atoms with Gasteiger partial charge in [0, 0.05) is 17.8 Å². The van der Waals surface area contributed by atoms with E-state index in [9.17, 15) is 4.79 Å². The van der Waals surface area contributed by atoms with Crippen LogP contribution >= 0.6 is 0 Å². The van der Waals surface area contributed by atoms with Crippen LogP contribution in [0.2, 0.25) is 0 Å². The number of aliphatic carboxylic acids is 1. The molecule has 1 heterocycles. The molecule has 1 rings (SSSR count). The average Bonchev–Trinajstić information content (AvgIpc) is 2.19. The van der Waals surface area contributed by atoms with E-state index in [4.69, 9.17) is 5.11 Å². The van der Waals surface area contributed by atoms with Gasteiger partial charge in [-0.25, -0.2) is 0 Å². The molecule has 84 valence electrons. The van der Waals surface area contributed by atoms with E-state index in [1.807, 2.05) is 25.1 Å². The van der Waals surface area contributed by atoms with Gasteiger partial charge in [-0.05, 0) is 12.1 Å². The molecule has 0 fully saturated rings. The number of pyridine rings is 1. The Hall–Kier alpha value is -1.38. The molecule has 0 saturated carbocycles. The number of hydrogen-bond acceptors (Lipinski definition) is 2. The van der Waals surface area contributed by atoms with Gasteiger partial charge in [-0.15, -0.1) is 0 Å². The molecule has 1 N–H and O–H groups in total. The van der Waals surface area contributed by atoms with Crippen molar-refractivity contribution in [3.05, 3.63) is 30.1 Å². The van der Waals surface area contributed by atoms with E-state index in [2.05, 4.69) is 18.8 Å². The molecule has 0 bridgehead atoms. The molecule has 0 spiro atoms. The van der Waals surface area contributed by atoms with Crippen LogP contribution in [0, 0.1) is 0 Å². The van der Waals surface area contributed by atoms with E-state index < -0.39 is 5.97 Å². The Bertz CT molecular complexity index is 272. The third-order valence-electron chi connectivity index (χ3n) is 1.67. The largest absolute Gasteiger partial charge is 0.481 e. The molecule has 0 radical (unpaired) electrons. The molecule has 0 saturated heterocycles. The maximum atomic E-state index is 10.4. The van der Waals surface area contributed by atoms with Gasteiger partial charge in [0.1, 0.15) is 0 Å². The third-order valence-corrected chi connectivity index (χ3v) is 1.67. The molecular weight excluding hydrogens is 190 g/mol. The second-order valence-corrected chi connectivity index (χ2v) is 3.46. The van der Waals surface area contributed by atoms with Crippen LogP contribution in [0.25, 0.3) is 0 Å². The van der Waals surface area contributed by atoms with E-state index in [0.717, 1.165) is 5.69 Å². The van der Waals surface area contributed by atoms with Crippen molar-refractivity contribution >= 4 is 5.97 Å². The lowest BCUT2D eigenvalue weighted by atomic mass is 10.0. The maximum absolute atomic E-state index is 10.4. The van der Waals surface area contributed by atoms with Gasteiger partial charge in [0.05, 0.1) is 6.42 Å². The number of carbonyl (C=O) groups is 1. The van der Waals surface area contributed by atoms with E-state index in [1.165, 1.54) is 6.42 Å². The van der Waals surface area contributed by atoms with Crippen molar-refractivity contribution in [2.75, 3.05) is 0 Å². The Kier molecular flexibility index (Phi) is 7.24. The Morgan fingerprint density at radius 3 is 2.47 bits per heavy atom. The lowest BCUT2D eigenvalue weighted by Crippen LogP contribution is -2.03. The molecule has 0 aliphatic heterocycles. The SMILES string of the molecule is CC(CC(=O)O)c1ccccn1.CCC. The lowest BCUT2D eigenvalue weighted by Gasteiger charge is -2.06. The van der Waals surface area contributed by atoms with Gasteiger partial charge >= 0.3 is 5.97 Å². The van der Waals surface area contributed by atoms with Gasteiger partial charge in [0.15, 0.2) is 0 Å². The molecule has 1 atom stereocenters. The first-order chi connectivity index (χ1) is 7.11. The number of rotatable bonds is 3. The van der Waals surface area contributed by atoms with Crippen molar-refractivity contribution in [1.29, 1.82) is 0 Å². The van der Waals surface area contributed by atoms with Crippen LogP contribution in [-0.4, -0.2) is 16.1 Å².